The molecule has 0 fully saturated rings. The smallest absolute Gasteiger partial charge is 0.137 e. The van der Waals surface area contributed by atoms with Gasteiger partial charge in [0.05, 0.1) is 11.1 Å². The van der Waals surface area contributed by atoms with Gasteiger partial charge in [0.1, 0.15) is 11.2 Å². The maximum atomic E-state index is 6.78. The quantitative estimate of drug-likeness (QED) is 0.178. The standard InChI is InChI=1S/C57H37NO/c1-56(46-23-10-5-18-39(46)40-19-6-11-24-47(40)56)36-30-33-53-45(34-36)43-32-31-38(35-54(43)59-53)58(37-16-3-2-4-17-37)52-29-15-28-51-55(52)44-22-9-14-27-50(44)57(51)48-25-12-7-20-41(48)42-21-8-13-26-49(42)57/h2-35H,1H3. The lowest BCUT2D eigenvalue weighted by molar-refractivity contribution is 0.667. The summed E-state index contributed by atoms with van der Waals surface area (Å²) in [5.41, 5.74) is 21.4. The predicted octanol–water partition coefficient (Wildman–Crippen LogP) is 14.7. The molecule has 2 heteroatoms. The minimum absolute atomic E-state index is 0.281. The molecule has 13 rings (SSSR count). The topological polar surface area (TPSA) is 16.4 Å². The van der Waals surface area contributed by atoms with Gasteiger partial charge in [-0.15, -0.1) is 0 Å². The fraction of sp³-hybridized carbons (Fsp3) is 0.0526. The third-order valence-electron chi connectivity index (χ3n) is 13.8. The van der Waals surface area contributed by atoms with Gasteiger partial charge in [-0.05, 0) is 116 Å². The molecule has 0 amide bonds. The van der Waals surface area contributed by atoms with Crippen LogP contribution in [-0.4, -0.2) is 0 Å². The van der Waals surface area contributed by atoms with Crippen LogP contribution in [0.25, 0.3) is 55.3 Å². The lowest BCUT2D eigenvalue weighted by atomic mass is 9.70. The van der Waals surface area contributed by atoms with Crippen molar-refractivity contribution in [2.75, 3.05) is 4.90 Å². The summed E-state index contributed by atoms with van der Waals surface area (Å²) in [6.07, 6.45) is 0. The van der Waals surface area contributed by atoms with Crippen LogP contribution in [0, 0.1) is 0 Å². The average Bonchev–Trinajstić information content (AvgIpc) is 4.00. The van der Waals surface area contributed by atoms with E-state index in [4.69, 9.17) is 4.42 Å². The van der Waals surface area contributed by atoms with Crippen LogP contribution < -0.4 is 4.90 Å². The molecule has 0 bridgehead atoms. The fourth-order valence-electron chi connectivity index (χ4n) is 11.3. The molecule has 0 unspecified atom stereocenters. The monoisotopic (exact) mass is 751 g/mol. The average molecular weight is 752 g/mol. The van der Waals surface area contributed by atoms with Crippen molar-refractivity contribution < 1.29 is 4.42 Å². The molecule has 2 nitrogen and oxygen atoms in total. The Morgan fingerprint density at radius 3 is 1.54 bits per heavy atom. The fourth-order valence-corrected chi connectivity index (χ4v) is 11.3. The van der Waals surface area contributed by atoms with Gasteiger partial charge in [0.15, 0.2) is 0 Å². The van der Waals surface area contributed by atoms with E-state index in [0.717, 1.165) is 39.0 Å². The summed E-state index contributed by atoms with van der Waals surface area (Å²) in [6, 6.07) is 76.1. The van der Waals surface area contributed by atoms with Crippen LogP contribution in [0.1, 0.15) is 45.9 Å². The molecule has 0 N–H and O–H groups in total. The first kappa shape index (κ1) is 32.6. The summed E-state index contributed by atoms with van der Waals surface area (Å²) >= 11 is 0. The van der Waals surface area contributed by atoms with Crippen LogP contribution in [0.2, 0.25) is 0 Å². The number of hydrogen-bond acceptors (Lipinski definition) is 2. The highest BCUT2D eigenvalue weighted by atomic mass is 16.3. The first-order chi connectivity index (χ1) is 29.2. The molecule has 59 heavy (non-hydrogen) atoms. The predicted molar refractivity (Wildman–Crippen MR) is 242 cm³/mol. The molecular weight excluding hydrogens is 715 g/mol. The highest BCUT2D eigenvalue weighted by Gasteiger charge is 2.52. The van der Waals surface area contributed by atoms with Crippen LogP contribution in [-0.2, 0) is 10.8 Å². The van der Waals surface area contributed by atoms with Gasteiger partial charge in [0, 0.05) is 39.2 Å². The second kappa shape index (κ2) is 11.8. The number of hydrogen-bond donors (Lipinski definition) is 0. The molecular formula is C57H37NO. The first-order valence-electron chi connectivity index (χ1n) is 20.6. The zero-order valence-electron chi connectivity index (χ0n) is 32.5. The van der Waals surface area contributed by atoms with Crippen molar-refractivity contribution in [3.05, 3.63) is 245 Å². The molecule has 0 saturated heterocycles. The van der Waals surface area contributed by atoms with E-state index in [0.29, 0.717) is 0 Å². The summed E-state index contributed by atoms with van der Waals surface area (Å²) in [5.74, 6) is 0. The normalized spacial score (nSPS) is 14.5. The number of anilines is 3. The Hall–Kier alpha value is -7.42. The second-order valence-corrected chi connectivity index (χ2v) is 16.5. The minimum Gasteiger partial charge on any atom is -0.456 e. The molecule has 1 aromatic heterocycles. The molecule has 1 heterocycles. The van der Waals surface area contributed by atoms with Gasteiger partial charge in [-0.2, -0.15) is 0 Å². The van der Waals surface area contributed by atoms with Gasteiger partial charge >= 0.3 is 0 Å². The number of rotatable bonds is 4. The van der Waals surface area contributed by atoms with Gasteiger partial charge in [-0.25, -0.2) is 0 Å². The highest BCUT2D eigenvalue weighted by molar-refractivity contribution is 6.07. The second-order valence-electron chi connectivity index (χ2n) is 16.5. The van der Waals surface area contributed by atoms with Crippen molar-refractivity contribution in [2.45, 2.75) is 17.8 Å². The zero-order valence-corrected chi connectivity index (χ0v) is 32.5. The Balaban J connectivity index is 1.01. The molecule has 9 aromatic carbocycles. The minimum atomic E-state index is -0.422. The largest absolute Gasteiger partial charge is 0.456 e. The lowest BCUT2D eigenvalue weighted by Crippen LogP contribution is -2.26. The van der Waals surface area contributed by atoms with E-state index in [9.17, 15) is 0 Å². The molecule has 0 atom stereocenters. The molecule has 3 aliphatic carbocycles. The van der Waals surface area contributed by atoms with E-state index in [1.807, 2.05) is 0 Å². The summed E-state index contributed by atoms with van der Waals surface area (Å²) in [7, 11) is 0. The van der Waals surface area contributed by atoms with Crippen LogP contribution in [0.4, 0.5) is 17.1 Å². The van der Waals surface area contributed by atoms with Crippen molar-refractivity contribution in [3.63, 3.8) is 0 Å². The summed E-state index contributed by atoms with van der Waals surface area (Å²) < 4.78 is 6.78. The molecule has 10 aromatic rings. The molecule has 3 aliphatic rings. The summed E-state index contributed by atoms with van der Waals surface area (Å²) in [6.45, 7) is 2.38. The van der Waals surface area contributed by atoms with E-state index in [2.05, 4.69) is 218 Å². The Labute approximate surface area is 343 Å². The number of nitrogens with zero attached hydrogens (tertiary/aromatic N) is 1. The van der Waals surface area contributed by atoms with Crippen molar-refractivity contribution in [3.8, 4) is 33.4 Å². The van der Waals surface area contributed by atoms with Crippen LogP contribution >= 0.6 is 0 Å². The maximum absolute atomic E-state index is 6.78. The number of para-hydroxylation sites is 1. The van der Waals surface area contributed by atoms with E-state index in [-0.39, 0.29) is 5.41 Å². The lowest BCUT2D eigenvalue weighted by Gasteiger charge is -2.31. The summed E-state index contributed by atoms with van der Waals surface area (Å²) in [5, 5.41) is 2.25. The molecule has 1 spiro atoms. The molecule has 0 aliphatic heterocycles. The summed E-state index contributed by atoms with van der Waals surface area (Å²) in [4.78, 5) is 2.42. The van der Waals surface area contributed by atoms with Gasteiger partial charge in [-0.3, -0.25) is 0 Å². The van der Waals surface area contributed by atoms with E-state index in [1.165, 1.54) is 72.3 Å². The Bertz CT molecular complexity index is 3280. The third kappa shape index (κ3) is 4.15. The van der Waals surface area contributed by atoms with E-state index >= 15 is 0 Å². The van der Waals surface area contributed by atoms with Crippen LogP contribution in [0.5, 0.6) is 0 Å². The maximum Gasteiger partial charge on any atom is 0.137 e. The van der Waals surface area contributed by atoms with Crippen LogP contribution in [0.3, 0.4) is 0 Å². The Morgan fingerprint density at radius 2 is 0.898 bits per heavy atom. The zero-order chi connectivity index (χ0) is 38.9. The van der Waals surface area contributed by atoms with Gasteiger partial charge < -0.3 is 9.32 Å². The van der Waals surface area contributed by atoms with Gasteiger partial charge in [-0.1, -0.05) is 158 Å². The van der Waals surface area contributed by atoms with Gasteiger partial charge in [0.25, 0.3) is 0 Å². The van der Waals surface area contributed by atoms with Crippen molar-refractivity contribution in [2.24, 2.45) is 0 Å². The Morgan fingerprint density at radius 1 is 0.373 bits per heavy atom. The van der Waals surface area contributed by atoms with Crippen molar-refractivity contribution in [1.82, 2.24) is 0 Å². The molecule has 0 radical (unpaired) electrons. The van der Waals surface area contributed by atoms with Crippen molar-refractivity contribution in [1.29, 1.82) is 0 Å². The number of benzene rings is 9. The van der Waals surface area contributed by atoms with Crippen LogP contribution in [0.15, 0.2) is 211 Å². The SMILES string of the molecule is CC1(c2ccc3oc4cc(N(c5ccccc5)c5cccc6c5-c5ccccc5C65c6ccccc6-c6ccccc65)ccc4c3c2)c2ccccc2-c2ccccc21. The highest BCUT2D eigenvalue weighted by Crippen LogP contribution is 2.64. The molecule has 276 valence electrons. The molecule has 0 saturated carbocycles. The number of fused-ring (bicyclic) bond motifs is 16. The Kier molecular flexibility index (Phi) is 6.54. The third-order valence-corrected chi connectivity index (χ3v) is 13.8. The van der Waals surface area contributed by atoms with E-state index < -0.39 is 5.41 Å². The number of furan rings is 1. The first-order valence-corrected chi connectivity index (χ1v) is 20.6. The van der Waals surface area contributed by atoms with E-state index in [1.54, 1.807) is 0 Å². The van der Waals surface area contributed by atoms with Gasteiger partial charge in [0.2, 0.25) is 0 Å². The van der Waals surface area contributed by atoms with Crippen molar-refractivity contribution >= 4 is 39.0 Å².